The Labute approximate surface area is 179 Å². The topological polar surface area (TPSA) is 64.6 Å². The number of esters is 1. The highest BCUT2D eigenvalue weighted by atomic mass is 16.5. The molecule has 1 atom stereocenters. The lowest BCUT2D eigenvalue weighted by Crippen LogP contribution is -2.34. The van der Waals surface area contributed by atoms with Gasteiger partial charge in [-0.2, -0.15) is 0 Å². The molecule has 0 bridgehead atoms. The van der Waals surface area contributed by atoms with E-state index in [0.29, 0.717) is 25.5 Å². The van der Waals surface area contributed by atoms with Crippen molar-refractivity contribution in [2.45, 2.75) is 40.0 Å². The van der Waals surface area contributed by atoms with E-state index >= 15 is 0 Å². The second-order valence-corrected chi connectivity index (χ2v) is 7.81. The summed E-state index contributed by atoms with van der Waals surface area (Å²) in [7, 11) is 1.66. The van der Waals surface area contributed by atoms with Gasteiger partial charge in [0.25, 0.3) is 0 Å². The molecule has 2 rings (SSSR count). The molecule has 30 heavy (non-hydrogen) atoms. The maximum atomic E-state index is 12.6. The van der Waals surface area contributed by atoms with Crippen LogP contribution in [0.2, 0.25) is 0 Å². The van der Waals surface area contributed by atoms with E-state index in [1.807, 2.05) is 18.2 Å². The number of nitrogens with one attached hydrogen (secondary N) is 1. The van der Waals surface area contributed by atoms with Gasteiger partial charge in [0.1, 0.15) is 5.75 Å². The predicted octanol–water partition coefficient (Wildman–Crippen LogP) is 4.64. The highest BCUT2D eigenvalue weighted by Crippen LogP contribution is 2.24. The summed E-state index contributed by atoms with van der Waals surface area (Å²) in [5, 5.41) is 2.98. The molecule has 2 aromatic rings. The Balaban J connectivity index is 1.89. The van der Waals surface area contributed by atoms with Crippen LogP contribution in [-0.2, 0) is 20.7 Å². The summed E-state index contributed by atoms with van der Waals surface area (Å²) in [6.07, 6.45) is 1.53. The molecule has 0 heterocycles. The number of rotatable bonds is 11. The van der Waals surface area contributed by atoms with E-state index in [1.54, 1.807) is 14.0 Å². The van der Waals surface area contributed by atoms with E-state index in [4.69, 9.17) is 9.47 Å². The van der Waals surface area contributed by atoms with Crippen LogP contribution in [0, 0.1) is 11.8 Å². The minimum Gasteiger partial charge on any atom is -0.497 e. The van der Waals surface area contributed by atoms with Gasteiger partial charge in [-0.25, -0.2) is 0 Å². The lowest BCUT2D eigenvalue weighted by molar-refractivity contribution is -0.146. The smallest absolute Gasteiger partial charge is 0.306 e. The number of methoxy groups -OCH3 is 1. The number of carbonyl (C=O) groups is 2. The fourth-order valence-electron chi connectivity index (χ4n) is 3.41. The average Bonchev–Trinajstić information content (AvgIpc) is 2.73. The second kappa shape index (κ2) is 12.0. The fraction of sp³-hybridized carbons (Fsp3) is 0.440. The van der Waals surface area contributed by atoms with Gasteiger partial charge in [0.2, 0.25) is 5.91 Å². The second-order valence-electron chi connectivity index (χ2n) is 7.81. The lowest BCUT2D eigenvalue weighted by Gasteiger charge is -2.18. The van der Waals surface area contributed by atoms with Crippen molar-refractivity contribution < 1.29 is 19.1 Å². The normalized spacial score (nSPS) is 11.8. The van der Waals surface area contributed by atoms with E-state index in [9.17, 15) is 9.59 Å². The molecule has 1 N–H and O–H groups in total. The van der Waals surface area contributed by atoms with Crippen LogP contribution in [0.4, 0.5) is 0 Å². The summed E-state index contributed by atoms with van der Waals surface area (Å²) in [6.45, 7) is 6.75. The Morgan fingerprint density at radius 2 is 1.77 bits per heavy atom. The minimum atomic E-state index is -0.348. The largest absolute Gasteiger partial charge is 0.497 e. The molecule has 0 spiro atoms. The highest BCUT2D eigenvalue weighted by molar-refractivity contribution is 5.83. The van der Waals surface area contributed by atoms with Gasteiger partial charge in [0.05, 0.1) is 20.1 Å². The van der Waals surface area contributed by atoms with Crippen LogP contribution < -0.4 is 10.1 Å². The quantitative estimate of drug-likeness (QED) is 0.547. The number of carbonyl (C=O) groups excluding carboxylic acids is 2. The standard InChI is InChI=1S/C25H33NO4/c1-5-30-24(27)17-22(15-18(2)3)25(28)26-14-13-19-9-11-20(12-10-19)21-7-6-8-23(16-21)29-4/h6-12,16,18,22H,5,13-15,17H2,1-4H3,(H,26,28). The Kier molecular flexibility index (Phi) is 9.39. The minimum absolute atomic E-state index is 0.0789. The molecule has 0 aromatic heterocycles. The number of amides is 1. The van der Waals surface area contributed by atoms with Gasteiger partial charge >= 0.3 is 5.97 Å². The molecule has 0 radical (unpaired) electrons. The summed E-state index contributed by atoms with van der Waals surface area (Å²) < 4.78 is 10.3. The molecule has 0 fully saturated rings. The Morgan fingerprint density at radius 1 is 1.03 bits per heavy atom. The third kappa shape index (κ3) is 7.54. The molecule has 1 unspecified atom stereocenters. The van der Waals surface area contributed by atoms with Crippen molar-refractivity contribution in [3.05, 3.63) is 54.1 Å². The van der Waals surface area contributed by atoms with Crippen molar-refractivity contribution in [1.82, 2.24) is 5.32 Å². The van der Waals surface area contributed by atoms with E-state index in [0.717, 1.165) is 28.9 Å². The fourth-order valence-corrected chi connectivity index (χ4v) is 3.41. The first-order valence-electron chi connectivity index (χ1n) is 10.6. The SMILES string of the molecule is CCOC(=O)CC(CC(C)C)C(=O)NCCc1ccc(-c2cccc(OC)c2)cc1. The molecule has 5 heteroatoms. The van der Waals surface area contributed by atoms with Crippen molar-refractivity contribution in [3.63, 3.8) is 0 Å². The summed E-state index contributed by atoms with van der Waals surface area (Å²) >= 11 is 0. The van der Waals surface area contributed by atoms with Crippen LogP contribution in [0.15, 0.2) is 48.5 Å². The van der Waals surface area contributed by atoms with Crippen molar-refractivity contribution in [1.29, 1.82) is 0 Å². The monoisotopic (exact) mass is 411 g/mol. The van der Waals surface area contributed by atoms with Crippen LogP contribution in [0.25, 0.3) is 11.1 Å². The molecule has 0 aliphatic rings. The van der Waals surface area contributed by atoms with Crippen molar-refractivity contribution >= 4 is 11.9 Å². The molecular formula is C25H33NO4. The number of ether oxygens (including phenoxy) is 2. The first-order chi connectivity index (χ1) is 14.4. The zero-order valence-electron chi connectivity index (χ0n) is 18.4. The Hall–Kier alpha value is -2.82. The molecular weight excluding hydrogens is 378 g/mol. The highest BCUT2D eigenvalue weighted by Gasteiger charge is 2.23. The number of hydrogen-bond acceptors (Lipinski definition) is 4. The molecule has 0 saturated carbocycles. The van der Waals surface area contributed by atoms with Crippen LogP contribution in [0.5, 0.6) is 5.75 Å². The maximum absolute atomic E-state index is 12.6. The van der Waals surface area contributed by atoms with Crippen molar-refractivity contribution in [2.75, 3.05) is 20.3 Å². The first kappa shape index (κ1) is 23.5. The predicted molar refractivity (Wildman–Crippen MR) is 119 cm³/mol. The van der Waals surface area contributed by atoms with Crippen molar-refractivity contribution in [2.24, 2.45) is 11.8 Å². The molecule has 0 saturated heterocycles. The van der Waals surface area contributed by atoms with E-state index in [1.165, 1.54) is 0 Å². The van der Waals surface area contributed by atoms with Gasteiger partial charge in [-0.05, 0) is 54.5 Å². The van der Waals surface area contributed by atoms with Gasteiger partial charge in [-0.1, -0.05) is 50.2 Å². The molecule has 0 aliphatic carbocycles. The zero-order chi connectivity index (χ0) is 21.9. The van der Waals surface area contributed by atoms with E-state index < -0.39 is 0 Å². The van der Waals surface area contributed by atoms with Crippen LogP contribution in [-0.4, -0.2) is 32.1 Å². The van der Waals surface area contributed by atoms with Gasteiger partial charge in [-0.15, -0.1) is 0 Å². The van der Waals surface area contributed by atoms with E-state index in [-0.39, 0.29) is 24.2 Å². The van der Waals surface area contributed by atoms with Crippen LogP contribution in [0.1, 0.15) is 39.2 Å². The van der Waals surface area contributed by atoms with Crippen LogP contribution in [0.3, 0.4) is 0 Å². The molecule has 0 aliphatic heterocycles. The van der Waals surface area contributed by atoms with Gasteiger partial charge in [0, 0.05) is 12.5 Å². The molecule has 2 aromatic carbocycles. The Bertz CT molecular complexity index is 814. The third-order valence-corrected chi connectivity index (χ3v) is 4.92. The number of hydrogen-bond donors (Lipinski definition) is 1. The zero-order valence-corrected chi connectivity index (χ0v) is 18.4. The molecule has 1 amide bonds. The van der Waals surface area contributed by atoms with Gasteiger partial charge in [-0.3, -0.25) is 9.59 Å². The third-order valence-electron chi connectivity index (χ3n) is 4.92. The van der Waals surface area contributed by atoms with Crippen molar-refractivity contribution in [3.8, 4) is 16.9 Å². The maximum Gasteiger partial charge on any atom is 0.306 e. The molecule has 162 valence electrons. The van der Waals surface area contributed by atoms with Gasteiger partial charge in [0.15, 0.2) is 0 Å². The van der Waals surface area contributed by atoms with Crippen LogP contribution >= 0.6 is 0 Å². The summed E-state index contributed by atoms with van der Waals surface area (Å²) in [5.74, 6) is 0.424. The summed E-state index contributed by atoms with van der Waals surface area (Å²) in [5.41, 5.74) is 3.37. The van der Waals surface area contributed by atoms with Gasteiger partial charge < -0.3 is 14.8 Å². The first-order valence-corrected chi connectivity index (χ1v) is 10.6. The summed E-state index contributed by atoms with van der Waals surface area (Å²) in [4.78, 5) is 24.4. The van der Waals surface area contributed by atoms with E-state index in [2.05, 4.69) is 49.5 Å². The Morgan fingerprint density at radius 3 is 2.40 bits per heavy atom. The summed E-state index contributed by atoms with van der Waals surface area (Å²) in [6, 6.07) is 16.3. The molecule has 5 nitrogen and oxygen atoms in total. The lowest BCUT2D eigenvalue weighted by atomic mass is 9.93. The number of benzene rings is 2. The average molecular weight is 412 g/mol.